The third-order valence-corrected chi connectivity index (χ3v) is 3.06. The van der Waals surface area contributed by atoms with E-state index in [4.69, 9.17) is 5.11 Å². The summed E-state index contributed by atoms with van der Waals surface area (Å²) in [5.74, 6) is -1.49. The van der Waals surface area contributed by atoms with Crippen molar-refractivity contribution in [2.45, 2.75) is 12.3 Å². The molecule has 0 amide bonds. The maximum atomic E-state index is 11.8. The Bertz CT molecular complexity index is 711. The van der Waals surface area contributed by atoms with Gasteiger partial charge in [0.25, 0.3) is 0 Å². The van der Waals surface area contributed by atoms with Crippen molar-refractivity contribution in [2.24, 2.45) is 0 Å². The molecule has 22 heavy (non-hydrogen) atoms. The zero-order chi connectivity index (χ0) is 15.9. The summed E-state index contributed by atoms with van der Waals surface area (Å²) in [5.41, 5.74) is 1.47. The Morgan fingerprint density at radius 2 is 2.09 bits per heavy atom. The lowest BCUT2D eigenvalue weighted by Gasteiger charge is -2.13. The van der Waals surface area contributed by atoms with E-state index >= 15 is 0 Å². The predicted octanol–water partition coefficient (Wildman–Crippen LogP) is 1.20. The van der Waals surface area contributed by atoms with Gasteiger partial charge < -0.3 is 15.2 Å². The average Bonchev–Trinajstić information content (AvgIpc) is 2.55. The third-order valence-electron chi connectivity index (χ3n) is 3.06. The van der Waals surface area contributed by atoms with E-state index in [-0.39, 0.29) is 12.3 Å². The fraction of sp³-hybridized carbons (Fsp3) is 0.333. The van der Waals surface area contributed by atoms with Crippen LogP contribution in [0.2, 0.25) is 0 Å². The minimum Gasteiger partial charge on any atom is -0.468 e. The maximum absolute atomic E-state index is 11.8. The number of fused-ring (bicyclic) bond motifs is 1. The van der Waals surface area contributed by atoms with E-state index in [9.17, 15) is 10.1 Å². The second kappa shape index (κ2) is 7.33. The summed E-state index contributed by atoms with van der Waals surface area (Å²) < 4.78 is 4.65. The molecule has 0 bridgehead atoms. The van der Waals surface area contributed by atoms with E-state index in [1.165, 1.54) is 7.11 Å². The molecule has 2 N–H and O–H groups in total. The molecule has 0 spiro atoms. The largest absolute Gasteiger partial charge is 0.468 e. The Hall–Kier alpha value is -2.72. The lowest BCUT2D eigenvalue weighted by Crippen LogP contribution is -2.18. The molecule has 0 aliphatic rings. The van der Waals surface area contributed by atoms with Gasteiger partial charge in [-0.2, -0.15) is 5.26 Å². The quantitative estimate of drug-likeness (QED) is 0.609. The smallest absolute Gasteiger partial charge is 0.329 e. The van der Waals surface area contributed by atoms with Crippen LogP contribution in [0.5, 0.6) is 0 Å². The number of nitrogens with zero attached hydrogens (tertiary/aromatic N) is 3. The van der Waals surface area contributed by atoms with Gasteiger partial charge in [-0.05, 0) is 18.6 Å². The minimum atomic E-state index is -1.15. The van der Waals surface area contributed by atoms with E-state index in [1.54, 1.807) is 18.2 Å². The van der Waals surface area contributed by atoms with E-state index in [1.807, 2.05) is 12.1 Å². The van der Waals surface area contributed by atoms with Crippen LogP contribution in [0.25, 0.3) is 11.0 Å². The second-order valence-electron chi connectivity index (χ2n) is 4.54. The van der Waals surface area contributed by atoms with E-state index in [0.29, 0.717) is 29.8 Å². The molecule has 0 aliphatic carbocycles. The second-order valence-corrected chi connectivity index (χ2v) is 4.54. The molecule has 2 aromatic rings. The molecule has 1 heterocycles. The predicted molar refractivity (Wildman–Crippen MR) is 80.1 cm³/mol. The standard InChI is InChI=1S/C15H16N4O3/c1-22-15(21)10(9-16)13-14(17-7-4-8-20)19-12-6-3-2-5-11(12)18-13/h2-3,5-6,10,20H,4,7-8H2,1H3,(H,17,19)/t10-/m0/s1. The molecular formula is C15H16N4O3. The molecule has 2 rings (SSSR count). The van der Waals surface area contributed by atoms with Crippen LogP contribution >= 0.6 is 0 Å². The Morgan fingerprint density at radius 1 is 1.41 bits per heavy atom. The minimum absolute atomic E-state index is 0.0298. The lowest BCUT2D eigenvalue weighted by atomic mass is 10.1. The van der Waals surface area contributed by atoms with Gasteiger partial charge in [0, 0.05) is 13.2 Å². The number of anilines is 1. The number of nitrogens with one attached hydrogen (secondary N) is 1. The molecule has 7 heteroatoms. The highest BCUT2D eigenvalue weighted by molar-refractivity contribution is 5.84. The monoisotopic (exact) mass is 300 g/mol. The molecule has 0 unspecified atom stereocenters. The fourth-order valence-electron chi connectivity index (χ4n) is 1.97. The molecule has 1 aromatic heterocycles. The van der Waals surface area contributed by atoms with Crippen LogP contribution in [0.3, 0.4) is 0 Å². The van der Waals surface area contributed by atoms with E-state index < -0.39 is 11.9 Å². The number of carbonyl (C=O) groups excluding carboxylic acids is 1. The molecule has 1 atom stereocenters. The van der Waals surface area contributed by atoms with Crippen LogP contribution in [-0.2, 0) is 9.53 Å². The van der Waals surface area contributed by atoms with Crippen LogP contribution in [0.15, 0.2) is 24.3 Å². The first-order valence-electron chi connectivity index (χ1n) is 6.80. The number of aliphatic hydroxyl groups excluding tert-OH is 1. The zero-order valence-corrected chi connectivity index (χ0v) is 12.1. The number of aromatic nitrogens is 2. The normalized spacial score (nSPS) is 11.7. The number of rotatable bonds is 6. The maximum Gasteiger partial charge on any atom is 0.329 e. The molecule has 7 nitrogen and oxygen atoms in total. The van der Waals surface area contributed by atoms with E-state index in [0.717, 1.165) is 0 Å². The highest BCUT2D eigenvalue weighted by atomic mass is 16.5. The number of esters is 1. The number of para-hydroxylation sites is 2. The first kappa shape index (κ1) is 15.7. The number of hydrogen-bond acceptors (Lipinski definition) is 7. The Labute approximate surface area is 127 Å². The summed E-state index contributed by atoms with van der Waals surface area (Å²) in [7, 11) is 1.22. The van der Waals surface area contributed by atoms with Gasteiger partial charge in [-0.1, -0.05) is 12.1 Å². The van der Waals surface area contributed by atoms with Crippen LogP contribution in [-0.4, -0.2) is 41.3 Å². The summed E-state index contributed by atoms with van der Waals surface area (Å²) in [6.07, 6.45) is 0.517. The molecule has 1 aromatic carbocycles. The number of methoxy groups -OCH3 is 1. The highest BCUT2D eigenvalue weighted by Crippen LogP contribution is 2.24. The van der Waals surface area contributed by atoms with Crippen molar-refractivity contribution < 1.29 is 14.6 Å². The van der Waals surface area contributed by atoms with Crippen molar-refractivity contribution in [3.8, 4) is 6.07 Å². The Kier molecular flexibility index (Phi) is 5.22. The van der Waals surface area contributed by atoms with Crippen molar-refractivity contribution in [3.63, 3.8) is 0 Å². The van der Waals surface area contributed by atoms with E-state index in [2.05, 4.69) is 20.0 Å². The summed E-state index contributed by atoms with van der Waals surface area (Å²) in [6, 6.07) is 9.09. The number of ether oxygens (including phenoxy) is 1. The number of nitriles is 1. The summed E-state index contributed by atoms with van der Waals surface area (Å²) in [4.78, 5) is 20.6. The zero-order valence-electron chi connectivity index (χ0n) is 12.1. The van der Waals surface area contributed by atoms with Crippen LogP contribution in [0.1, 0.15) is 18.0 Å². The molecule has 0 saturated carbocycles. The van der Waals surface area contributed by atoms with Gasteiger partial charge in [-0.25, -0.2) is 9.97 Å². The number of carbonyl (C=O) groups is 1. The molecule has 0 aliphatic heterocycles. The van der Waals surface area contributed by atoms with Crippen LogP contribution in [0, 0.1) is 11.3 Å². The van der Waals surface area contributed by atoms with Crippen LogP contribution < -0.4 is 5.32 Å². The van der Waals surface area contributed by atoms with Gasteiger partial charge in [0.2, 0.25) is 0 Å². The molecule has 114 valence electrons. The molecular weight excluding hydrogens is 284 g/mol. The number of aliphatic hydroxyl groups is 1. The summed E-state index contributed by atoms with van der Waals surface area (Å²) in [5, 5.41) is 21.1. The van der Waals surface area contributed by atoms with Gasteiger partial charge in [0.05, 0.1) is 24.2 Å². The van der Waals surface area contributed by atoms with Gasteiger partial charge >= 0.3 is 5.97 Å². The molecule has 0 radical (unpaired) electrons. The molecule has 0 saturated heterocycles. The third kappa shape index (κ3) is 3.30. The van der Waals surface area contributed by atoms with Crippen molar-refractivity contribution in [1.29, 1.82) is 5.26 Å². The van der Waals surface area contributed by atoms with Gasteiger partial charge in [0.1, 0.15) is 5.69 Å². The molecule has 0 fully saturated rings. The van der Waals surface area contributed by atoms with Crippen molar-refractivity contribution >= 4 is 22.8 Å². The SMILES string of the molecule is COC(=O)[C@@H](C#N)c1nc2ccccc2nc1NCCCO. The van der Waals surface area contributed by atoms with Crippen molar-refractivity contribution in [1.82, 2.24) is 9.97 Å². The number of hydrogen-bond donors (Lipinski definition) is 2. The number of benzene rings is 1. The summed E-state index contributed by atoms with van der Waals surface area (Å²) in [6.45, 7) is 0.484. The topological polar surface area (TPSA) is 108 Å². The van der Waals surface area contributed by atoms with Crippen molar-refractivity contribution in [2.75, 3.05) is 25.6 Å². The van der Waals surface area contributed by atoms with Crippen LogP contribution in [0.4, 0.5) is 5.82 Å². The first-order chi connectivity index (χ1) is 10.7. The lowest BCUT2D eigenvalue weighted by molar-refractivity contribution is -0.141. The Morgan fingerprint density at radius 3 is 2.68 bits per heavy atom. The van der Waals surface area contributed by atoms with Gasteiger partial charge in [0.15, 0.2) is 11.7 Å². The van der Waals surface area contributed by atoms with Crippen molar-refractivity contribution in [3.05, 3.63) is 30.0 Å². The Balaban J connectivity index is 2.50. The highest BCUT2D eigenvalue weighted by Gasteiger charge is 2.27. The first-order valence-corrected chi connectivity index (χ1v) is 6.80. The summed E-state index contributed by atoms with van der Waals surface area (Å²) >= 11 is 0. The van der Waals surface area contributed by atoms with Gasteiger partial charge in [-0.3, -0.25) is 4.79 Å². The fourth-order valence-corrected chi connectivity index (χ4v) is 1.97. The average molecular weight is 300 g/mol. The van der Waals surface area contributed by atoms with Gasteiger partial charge in [-0.15, -0.1) is 0 Å².